The summed E-state index contributed by atoms with van der Waals surface area (Å²) in [5, 5.41) is 0. The lowest BCUT2D eigenvalue weighted by Gasteiger charge is -2.09. The Morgan fingerprint density at radius 2 is 2.21 bits per heavy atom. The number of imidazole rings is 1. The summed E-state index contributed by atoms with van der Waals surface area (Å²) < 4.78 is 7.49. The first-order valence-electron chi connectivity index (χ1n) is 6.50. The molecule has 1 aromatic carbocycles. The third-order valence-electron chi connectivity index (χ3n) is 2.75. The second-order valence-corrected chi connectivity index (χ2v) is 4.34. The van der Waals surface area contributed by atoms with Gasteiger partial charge in [0, 0.05) is 19.0 Å². The number of hydrogen-bond acceptors (Lipinski definition) is 3. The smallest absolute Gasteiger partial charge is 0.140 e. The summed E-state index contributed by atoms with van der Waals surface area (Å²) in [5.74, 6) is 0.847. The highest BCUT2D eigenvalue weighted by Gasteiger charge is 2.04. The van der Waals surface area contributed by atoms with Crippen LogP contribution in [0.2, 0.25) is 0 Å². The van der Waals surface area contributed by atoms with Crippen LogP contribution < -0.4 is 0 Å². The van der Waals surface area contributed by atoms with E-state index >= 15 is 0 Å². The minimum Gasteiger partial charge on any atom is -0.374 e. The second kappa shape index (κ2) is 6.85. The van der Waals surface area contributed by atoms with Crippen molar-refractivity contribution in [3.05, 3.63) is 48.5 Å². The van der Waals surface area contributed by atoms with Crippen molar-refractivity contribution < 1.29 is 4.74 Å². The molecule has 0 saturated heterocycles. The van der Waals surface area contributed by atoms with Crippen LogP contribution in [-0.2, 0) is 4.74 Å². The Labute approximate surface area is 113 Å². The molecule has 0 aliphatic heterocycles. The number of ether oxygens (including phenoxy) is 1. The Hall–Kier alpha value is -1.94. The molecule has 0 amide bonds. The van der Waals surface area contributed by atoms with Gasteiger partial charge in [-0.25, -0.2) is 9.98 Å². The molecular weight excluding hydrogens is 238 g/mol. The third-order valence-corrected chi connectivity index (χ3v) is 2.75. The van der Waals surface area contributed by atoms with Crippen LogP contribution in [-0.4, -0.2) is 28.6 Å². The summed E-state index contributed by atoms with van der Waals surface area (Å²) >= 11 is 0. The van der Waals surface area contributed by atoms with Gasteiger partial charge < -0.3 is 4.74 Å². The molecule has 0 unspecified atom stereocenters. The molecule has 19 heavy (non-hydrogen) atoms. The van der Waals surface area contributed by atoms with E-state index in [4.69, 9.17) is 4.74 Å². The van der Waals surface area contributed by atoms with Crippen molar-refractivity contribution in [1.82, 2.24) is 9.55 Å². The Morgan fingerprint density at radius 1 is 1.37 bits per heavy atom. The molecule has 0 N–H and O–H groups in total. The highest BCUT2D eigenvalue weighted by atomic mass is 16.5. The van der Waals surface area contributed by atoms with Crippen LogP contribution >= 0.6 is 0 Å². The van der Waals surface area contributed by atoms with Gasteiger partial charge in [0.1, 0.15) is 18.8 Å². The van der Waals surface area contributed by atoms with Crippen LogP contribution in [0, 0.1) is 6.92 Å². The number of aromatic nitrogens is 2. The first-order chi connectivity index (χ1) is 9.31. The predicted octanol–water partition coefficient (Wildman–Crippen LogP) is 3.20. The van der Waals surface area contributed by atoms with Crippen molar-refractivity contribution in [2.75, 3.05) is 13.2 Å². The second-order valence-electron chi connectivity index (χ2n) is 4.34. The molecule has 0 aliphatic carbocycles. The maximum Gasteiger partial charge on any atom is 0.140 e. The Kier molecular flexibility index (Phi) is 4.86. The first-order valence-corrected chi connectivity index (χ1v) is 6.50. The zero-order valence-corrected chi connectivity index (χ0v) is 11.4. The molecule has 0 atom stereocenters. The molecule has 0 saturated carbocycles. The standard InChI is InChI=1S/C15H19N3O/c1-3-10-19-11-15(18-9-8-16-12-18)17-14-7-5-4-6-13(14)2/h4-9,12H,3,10-11H2,1-2H3. The van der Waals surface area contributed by atoms with Gasteiger partial charge in [0.2, 0.25) is 0 Å². The number of benzene rings is 1. The van der Waals surface area contributed by atoms with Crippen LogP contribution in [0.15, 0.2) is 48.0 Å². The van der Waals surface area contributed by atoms with Gasteiger partial charge in [-0.3, -0.25) is 4.57 Å². The van der Waals surface area contributed by atoms with Crippen molar-refractivity contribution in [1.29, 1.82) is 0 Å². The van der Waals surface area contributed by atoms with E-state index in [-0.39, 0.29) is 0 Å². The van der Waals surface area contributed by atoms with E-state index in [2.05, 4.69) is 29.9 Å². The molecule has 1 aromatic heterocycles. The molecule has 4 heteroatoms. The van der Waals surface area contributed by atoms with Gasteiger partial charge >= 0.3 is 0 Å². The molecule has 2 rings (SSSR count). The van der Waals surface area contributed by atoms with Gasteiger partial charge in [0.25, 0.3) is 0 Å². The topological polar surface area (TPSA) is 39.4 Å². The number of aliphatic imine (C=N–C) groups is 1. The predicted molar refractivity (Wildman–Crippen MR) is 77.0 cm³/mol. The fourth-order valence-corrected chi connectivity index (χ4v) is 1.71. The SMILES string of the molecule is CCCOCC(=Nc1ccccc1C)n1ccnc1. The van der Waals surface area contributed by atoms with Crippen molar-refractivity contribution in [3.63, 3.8) is 0 Å². The molecule has 1 heterocycles. The molecule has 4 nitrogen and oxygen atoms in total. The largest absolute Gasteiger partial charge is 0.374 e. The fraction of sp³-hybridized carbons (Fsp3) is 0.333. The number of rotatable bonds is 5. The lowest BCUT2D eigenvalue weighted by molar-refractivity contribution is 0.170. The summed E-state index contributed by atoms with van der Waals surface area (Å²) in [6, 6.07) is 8.06. The van der Waals surface area contributed by atoms with Crippen molar-refractivity contribution >= 4 is 11.5 Å². The summed E-state index contributed by atoms with van der Waals surface area (Å²) in [7, 11) is 0. The van der Waals surface area contributed by atoms with E-state index in [9.17, 15) is 0 Å². The van der Waals surface area contributed by atoms with Crippen LogP contribution in [0.4, 0.5) is 5.69 Å². The van der Waals surface area contributed by atoms with Crippen LogP contribution in [0.1, 0.15) is 18.9 Å². The van der Waals surface area contributed by atoms with E-state index in [1.165, 1.54) is 0 Å². The molecule has 2 aromatic rings. The van der Waals surface area contributed by atoms with Crippen molar-refractivity contribution in [2.45, 2.75) is 20.3 Å². The van der Waals surface area contributed by atoms with Gasteiger partial charge in [0.05, 0.1) is 5.69 Å². The lowest BCUT2D eigenvalue weighted by Crippen LogP contribution is -2.17. The van der Waals surface area contributed by atoms with Gasteiger partial charge in [0.15, 0.2) is 0 Å². The third kappa shape index (κ3) is 3.76. The van der Waals surface area contributed by atoms with E-state index in [0.29, 0.717) is 6.61 Å². The molecule has 0 fully saturated rings. The minimum absolute atomic E-state index is 0.485. The fourth-order valence-electron chi connectivity index (χ4n) is 1.71. The highest BCUT2D eigenvalue weighted by molar-refractivity contribution is 5.88. The minimum atomic E-state index is 0.485. The van der Waals surface area contributed by atoms with Gasteiger partial charge in [-0.05, 0) is 25.0 Å². The van der Waals surface area contributed by atoms with E-state index in [1.807, 2.05) is 29.0 Å². The maximum atomic E-state index is 5.60. The molecular formula is C15H19N3O. The van der Waals surface area contributed by atoms with Gasteiger partial charge in [-0.1, -0.05) is 25.1 Å². The summed E-state index contributed by atoms with van der Waals surface area (Å²) in [5.41, 5.74) is 2.11. The zero-order chi connectivity index (χ0) is 13.5. The summed E-state index contributed by atoms with van der Waals surface area (Å²) in [4.78, 5) is 8.75. The van der Waals surface area contributed by atoms with Crippen LogP contribution in [0.25, 0.3) is 0 Å². The average molecular weight is 257 g/mol. The summed E-state index contributed by atoms with van der Waals surface area (Å²) in [6.07, 6.45) is 6.37. The number of nitrogens with zero attached hydrogens (tertiary/aromatic N) is 3. The van der Waals surface area contributed by atoms with Crippen molar-refractivity contribution in [2.24, 2.45) is 4.99 Å². The van der Waals surface area contributed by atoms with Crippen LogP contribution in [0.3, 0.4) is 0 Å². The zero-order valence-electron chi connectivity index (χ0n) is 11.4. The Bertz CT molecular complexity index is 532. The molecule has 0 spiro atoms. The Morgan fingerprint density at radius 3 is 2.89 bits per heavy atom. The Balaban J connectivity index is 2.24. The van der Waals surface area contributed by atoms with E-state index in [0.717, 1.165) is 30.1 Å². The molecule has 0 aliphatic rings. The van der Waals surface area contributed by atoms with Crippen molar-refractivity contribution in [3.8, 4) is 0 Å². The highest BCUT2D eigenvalue weighted by Crippen LogP contribution is 2.17. The molecule has 0 bridgehead atoms. The van der Waals surface area contributed by atoms with Gasteiger partial charge in [-0.2, -0.15) is 0 Å². The molecule has 0 radical (unpaired) electrons. The van der Waals surface area contributed by atoms with E-state index < -0.39 is 0 Å². The van der Waals surface area contributed by atoms with E-state index in [1.54, 1.807) is 12.5 Å². The summed E-state index contributed by atoms with van der Waals surface area (Å²) in [6.45, 7) is 5.37. The lowest BCUT2D eigenvalue weighted by atomic mass is 10.2. The number of hydrogen-bond donors (Lipinski definition) is 0. The number of para-hydroxylation sites is 1. The quantitative estimate of drug-likeness (QED) is 0.469. The monoisotopic (exact) mass is 257 g/mol. The van der Waals surface area contributed by atoms with Gasteiger partial charge in [-0.15, -0.1) is 0 Å². The molecule has 100 valence electrons. The van der Waals surface area contributed by atoms with Crippen LogP contribution in [0.5, 0.6) is 0 Å². The number of aryl methyl sites for hydroxylation is 1. The maximum absolute atomic E-state index is 5.60. The first kappa shape index (κ1) is 13.5. The normalized spacial score (nSPS) is 11.8. The average Bonchev–Trinajstić information content (AvgIpc) is 2.94.